The molecule has 1 aliphatic rings. The maximum absolute atomic E-state index is 10.8. The summed E-state index contributed by atoms with van der Waals surface area (Å²) in [5, 5.41) is 21.6. The molecule has 0 aromatic heterocycles. The van der Waals surface area contributed by atoms with Gasteiger partial charge in [-0.2, -0.15) is 0 Å². The zero-order valence-electron chi connectivity index (χ0n) is 8.88. The van der Waals surface area contributed by atoms with Crippen LogP contribution in [0.1, 0.15) is 19.8 Å². The number of allylic oxidation sites excluding steroid dienone is 2. The summed E-state index contributed by atoms with van der Waals surface area (Å²) in [5.41, 5.74) is -0.477. The summed E-state index contributed by atoms with van der Waals surface area (Å²) < 4.78 is 0. The number of hydrogen-bond donors (Lipinski definition) is 0. The molecule has 0 aromatic rings. The Bertz CT molecular complexity index is 156. The summed E-state index contributed by atoms with van der Waals surface area (Å²) in [7, 11) is 0. The Balaban J connectivity index is 0. The molecule has 0 amide bonds. The molecule has 1 rings (SSSR count). The molecule has 0 saturated carbocycles. The van der Waals surface area contributed by atoms with Crippen molar-refractivity contribution < 1.29 is 69.3 Å². The minimum absolute atomic E-state index is 0. The molecule has 0 saturated heterocycles. The van der Waals surface area contributed by atoms with Crippen molar-refractivity contribution >= 4 is 0 Å². The number of rotatable bonds is 2. The van der Waals surface area contributed by atoms with Gasteiger partial charge in [-0.1, -0.05) is 24.5 Å². The molecule has 4 heteroatoms. The average Bonchev–Trinajstić information content (AvgIpc) is 2.06. The minimum Gasteiger partial charge on any atom is -0.854 e. The van der Waals surface area contributed by atoms with E-state index in [4.69, 9.17) is 0 Å². The monoisotopic (exact) mass is 200 g/mol. The van der Waals surface area contributed by atoms with E-state index in [2.05, 4.69) is 6.08 Å². The van der Waals surface area contributed by atoms with Gasteiger partial charge in [0, 0.05) is 0 Å². The van der Waals surface area contributed by atoms with E-state index in [0.717, 1.165) is 12.8 Å². The Morgan fingerprint density at radius 2 is 1.85 bits per heavy atom. The molecule has 1 atom stereocenters. The molecule has 0 aliphatic heterocycles. The van der Waals surface area contributed by atoms with Crippen LogP contribution in [0.25, 0.3) is 0 Å². The third-order valence-corrected chi connectivity index (χ3v) is 2.77. The molecule has 0 fully saturated rings. The van der Waals surface area contributed by atoms with Crippen LogP contribution in [0.3, 0.4) is 0 Å². The zero-order chi connectivity index (χ0) is 8.32. The van der Waals surface area contributed by atoms with Crippen LogP contribution in [0, 0.1) is 11.3 Å². The van der Waals surface area contributed by atoms with E-state index in [1.54, 1.807) is 0 Å². The van der Waals surface area contributed by atoms with Crippen LogP contribution in [0.4, 0.5) is 0 Å². The molecule has 0 bridgehead atoms. The summed E-state index contributed by atoms with van der Waals surface area (Å²) >= 11 is 0. The predicted molar refractivity (Wildman–Crippen MR) is 39.7 cm³/mol. The Labute approximate surface area is 124 Å². The quantitative estimate of drug-likeness (QED) is 0.329. The molecule has 0 spiro atoms. The van der Waals surface area contributed by atoms with E-state index < -0.39 is 5.41 Å². The molecular formula is C9H14Na2O2. The second-order valence-electron chi connectivity index (χ2n) is 3.41. The van der Waals surface area contributed by atoms with Crippen molar-refractivity contribution in [2.75, 3.05) is 13.2 Å². The summed E-state index contributed by atoms with van der Waals surface area (Å²) in [6.45, 7) is 1.52. The Morgan fingerprint density at radius 3 is 2.15 bits per heavy atom. The Hall–Kier alpha value is 1.66. The first-order valence-corrected chi connectivity index (χ1v) is 4.08. The van der Waals surface area contributed by atoms with Gasteiger partial charge in [-0.3, -0.25) is 0 Å². The molecule has 1 aliphatic carbocycles. The summed E-state index contributed by atoms with van der Waals surface area (Å²) in [5.74, 6) is 0.172. The van der Waals surface area contributed by atoms with Crippen LogP contribution in [-0.4, -0.2) is 13.2 Å². The fourth-order valence-corrected chi connectivity index (χ4v) is 1.55. The van der Waals surface area contributed by atoms with E-state index >= 15 is 0 Å². The summed E-state index contributed by atoms with van der Waals surface area (Å²) in [4.78, 5) is 0. The maximum atomic E-state index is 10.8. The molecule has 64 valence electrons. The van der Waals surface area contributed by atoms with Crippen LogP contribution in [0.2, 0.25) is 0 Å². The molecule has 13 heavy (non-hydrogen) atoms. The van der Waals surface area contributed by atoms with Gasteiger partial charge < -0.3 is 10.2 Å². The molecule has 2 nitrogen and oxygen atoms in total. The first-order chi connectivity index (χ1) is 5.25. The van der Waals surface area contributed by atoms with Gasteiger partial charge in [0.1, 0.15) is 0 Å². The molecule has 0 aromatic carbocycles. The van der Waals surface area contributed by atoms with Crippen LogP contribution in [-0.2, 0) is 0 Å². The average molecular weight is 200 g/mol. The van der Waals surface area contributed by atoms with Crippen LogP contribution >= 0.6 is 0 Å². The normalized spacial score (nSPS) is 24.4. The fraction of sp³-hybridized carbons (Fsp3) is 0.778. The van der Waals surface area contributed by atoms with E-state index in [9.17, 15) is 10.2 Å². The zero-order valence-corrected chi connectivity index (χ0v) is 12.9. The van der Waals surface area contributed by atoms with Crippen molar-refractivity contribution in [3.8, 4) is 0 Å². The van der Waals surface area contributed by atoms with Crippen molar-refractivity contribution in [3.05, 3.63) is 12.2 Å². The van der Waals surface area contributed by atoms with Crippen molar-refractivity contribution in [2.45, 2.75) is 19.8 Å². The van der Waals surface area contributed by atoms with Gasteiger partial charge in [0.05, 0.1) is 0 Å². The van der Waals surface area contributed by atoms with Crippen molar-refractivity contribution in [1.82, 2.24) is 0 Å². The third kappa shape index (κ3) is 3.96. The van der Waals surface area contributed by atoms with E-state index in [-0.39, 0.29) is 78.2 Å². The van der Waals surface area contributed by atoms with Gasteiger partial charge >= 0.3 is 59.1 Å². The minimum atomic E-state index is -0.477. The van der Waals surface area contributed by atoms with Crippen LogP contribution < -0.4 is 69.3 Å². The smallest absolute Gasteiger partial charge is 0.854 e. The second-order valence-corrected chi connectivity index (χ2v) is 3.41. The summed E-state index contributed by atoms with van der Waals surface area (Å²) in [6.07, 6.45) is 5.74. The van der Waals surface area contributed by atoms with E-state index in [1.807, 2.05) is 13.0 Å². The topological polar surface area (TPSA) is 46.1 Å². The SMILES string of the molecule is CC1C=CCCC1(C[O-])C[O-].[Na+].[Na+]. The maximum Gasteiger partial charge on any atom is 1.00 e. The van der Waals surface area contributed by atoms with Gasteiger partial charge in [0.25, 0.3) is 0 Å². The molecule has 0 radical (unpaired) electrons. The van der Waals surface area contributed by atoms with E-state index in [1.165, 1.54) is 0 Å². The molecule has 1 unspecified atom stereocenters. The van der Waals surface area contributed by atoms with Gasteiger partial charge in [0.2, 0.25) is 0 Å². The van der Waals surface area contributed by atoms with Gasteiger partial charge in [0.15, 0.2) is 0 Å². The fourth-order valence-electron chi connectivity index (χ4n) is 1.55. The van der Waals surface area contributed by atoms with E-state index in [0.29, 0.717) is 0 Å². The van der Waals surface area contributed by atoms with Crippen LogP contribution in [0.15, 0.2) is 12.2 Å². The van der Waals surface area contributed by atoms with Crippen molar-refractivity contribution in [3.63, 3.8) is 0 Å². The Morgan fingerprint density at radius 1 is 1.31 bits per heavy atom. The summed E-state index contributed by atoms with van der Waals surface area (Å²) in [6, 6.07) is 0. The largest absolute Gasteiger partial charge is 1.00 e. The predicted octanol–water partition coefficient (Wildman–Crippen LogP) is -6.31. The number of hydrogen-bond acceptors (Lipinski definition) is 2. The molecule has 0 N–H and O–H groups in total. The van der Waals surface area contributed by atoms with Crippen molar-refractivity contribution in [1.29, 1.82) is 0 Å². The third-order valence-electron chi connectivity index (χ3n) is 2.77. The van der Waals surface area contributed by atoms with Gasteiger partial charge in [-0.25, -0.2) is 0 Å². The van der Waals surface area contributed by atoms with Gasteiger partial charge in [-0.15, -0.1) is 13.2 Å². The van der Waals surface area contributed by atoms with Crippen molar-refractivity contribution in [2.24, 2.45) is 11.3 Å². The van der Waals surface area contributed by atoms with Crippen LogP contribution in [0.5, 0.6) is 0 Å². The second kappa shape index (κ2) is 7.89. The standard InChI is InChI=1S/C9H14O2.2Na/c1-8-4-2-3-5-9(8,6-10)7-11;;/h2,4,8H,3,5-7H2,1H3;;/q-2;2*+1. The molecule has 0 heterocycles. The first kappa shape index (κ1) is 17.1. The first-order valence-electron chi connectivity index (χ1n) is 4.08. The van der Waals surface area contributed by atoms with Gasteiger partial charge in [-0.05, 0) is 18.8 Å². The molecular weight excluding hydrogens is 186 g/mol. The Kier molecular flexibility index (Phi) is 10.4.